The first-order chi connectivity index (χ1) is 9.42. The lowest BCUT2D eigenvalue weighted by molar-refractivity contribution is 0.0636. The van der Waals surface area contributed by atoms with Gasteiger partial charge in [0.15, 0.2) is 0 Å². The minimum atomic E-state index is -0.475. The molecule has 1 aromatic carbocycles. The van der Waals surface area contributed by atoms with Crippen LogP contribution in [0.2, 0.25) is 0 Å². The summed E-state index contributed by atoms with van der Waals surface area (Å²) in [7, 11) is 0. The van der Waals surface area contributed by atoms with Gasteiger partial charge in [0.2, 0.25) is 0 Å². The summed E-state index contributed by atoms with van der Waals surface area (Å²) in [5, 5.41) is 6.17. The fourth-order valence-electron chi connectivity index (χ4n) is 1.87. The van der Waals surface area contributed by atoms with Crippen molar-refractivity contribution in [2.45, 2.75) is 45.8 Å². The van der Waals surface area contributed by atoms with Gasteiger partial charge in [0, 0.05) is 12.2 Å². The number of rotatable bonds is 5. The van der Waals surface area contributed by atoms with Crippen LogP contribution in [0.1, 0.15) is 39.2 Å². The van der Waals surface area contributed by atoms with E-state index in [0.717, 1.165) is 24.7 Å². The molecule has 110 valence electrons. The average Bonchev–Trinajstić information content (AvgIpc) is 3.13. The molecule has 0 unspecified atom stereocenters. The number of hydrogen-bond acceptors (Lipinski definition) is 3. The molecule has 0 aliphatic heterocycles. The third-order valence-electron chi connectivity index (χ3n) is 3.06. The van der Waals surface area contributed by atoms with Crippen molar-refractivity contribution >= 4 is 11.8 Å². The van der Waals surface area contributed by atoms with Crippen molar-refractivity contribution in [3.8, 4) is 0 Å². The molecule has 0 aromatic heterocycles. The first kappa shape index (κ1) is 14.9. The second-order valence-electron chi connectivity index (χ2n) is 6.40. The lowest BCUT2D eigenvalue weighted by Crippen LogP contribution is -2.27. The van der Waals surface area contributed by atoms with Crippen LogP contribution in [0, 0.1) is 5.92 Å². The summed E-state index contributed by atoms with van der Waals surface area (Å²) in [5.74, 6) is 0.892. The quantitative estimate of drug-likeness (QED) is 0.865. The zero-order valence-corrected chi connectivity index (χ0v) is 12.5. The van der Waals surface area contributed by atoms with E-state index in [-0.39, 0.29) is 0 Å². The highest BCUT2D eigenvalue weighted by molar-refractivity contribution is 5.84. The molecule has 20 heavy (non-hydrogen) atoms. The lowest BCUT2D eigenvalue weighted by Gasteiger charge is -2.19. The Morgan fingerprint density at radius 1 is 1.25 bits per heavy atom. The largest absolute Gasteiger partial charge is 0.444 e. The standard InChI is InChI=1S/C16H24N2O2/c1-16(2,3)20-15(19)18-14-8-6-13(7-9-14)11-17-10-12-4-5-12/h6-9,12,17H,4-5,10-11H2,1-3H3,(H,18,19). The first-order valence-electron chi connectivity index (χ1n) is 7.22. The summed E-state index contributed by atoms with van der Waals surface area (Å²) in [4.78, 5) is 11.6. The number of carbonyl (C=O) groups is 1. The van der Waals surface area contributed by atoms with Crippen LogP contribution in [-0.4, -0.2) is 18.2 Å². The van der Waals surface area contributed by atoms with Gasteiger partial charge in [-0.3, -0.25) is 5.32 Å². The van der Waals surface area contributed by atoms with Crippen molar-refractivity contribution in [2.24, 2.45) is 5.92 Å². The van der Waals surface area contributed by atoms with Gasteiger partial charge in [-0.15, -0.1) is 0 Å². The van der Waals surface area contributed by atoms with Crippen LogP contribution in [0.5, 0.6) is 0 Å². The topological polar surface area (TPSA) is 50.4 Å². The van der Waals surface area contributed by atoms with E-state index in [9.17, 15) is 4.79 Å². The predicted molar refractivity (Wildman–Crippen MR) is 80.7 cm³/mol. The highest BCUT2D eigenvalue weighted by atomic mass is 16.6. The molecule has 2 rings (SSSR count). The maximum atomic E-state index is 11.6. The van der Waals surface area contributed by atoms with Crippen molar-refractivity contribution in [2.75, 3.05) is 11.9 Å². The monoisotopic (exact) mass is 276 g/mol. The van der Waals surface area contributed by atoms with Crippen LogP contribution in [0.25, 0.3) is 0 Å². The normalized spacial score (nSPS) is 14.9. The van der Waals surface area contributed by atoms with Gasteiger partial charge in [0.05, 0.1) is 0 Å². The van der Waals surface area contributed by atoms with E-state index >= 15 is 0 Å². The minimum absolute atomic E-state index is 0.419. The van der Waals surface area contributed by atoms with Gasteiger partial charge in [0.1, 0.15) is 5.60 Å². The summed E-state index contributed by atoms with van der Waals surface area (Å²) in [5.41, 5.74) is 1.50. The van der Waals surface area contributed by atoms with E-state index < -0.39 is 11.7 Å². The van der Waals surface area contributed by atoms with Gasteiger partial charge in [-0.25, -0.2) is 4.79 Å². The summed E-state index contributed by atoms with van der Waals surface area (Å²) in [6, 6.07) is 7.84. The Labute approximate surface area is 120 Å². The summed E-state index contributed by atoms with van der Waals surface area (Å²) < 4.78 is 5.21. The van der Waals surface area contributed by atoms with E-state index in [2.05, 4.69) is 10.6 Å². The average molecular weight is 276 g/mol. The summed E-state index contributed by atoms with van der Waals surface area (Å²) >= 11 is 0. The van der Waals surface area contributed by atoms with E-state index in [1.54, 1.807) is 0 Å². The second-order valence-corrected chi connectivity index (χ2v) is 6.40. The van der Waals surface area contributed by atoms with E-state index in [4.69, 9.17) is 4.74 Å². The number of carbonyl (C=O) groups excluding carboxylic acids is 1. The van der Waals surface area contributed by atoms with Gasteiger partial charge in [0.25, 0.3) is 0 Å². The number of nitrogens with one attached hydrogen (secondary N) is 2. The molecule has 0 bridgehead atoms. The van der Waals surface area contributed by atoms with Crippen LogP contribution in [0.4, 0.5) is 10.5 Å². The molecule has 1 amide bonds. The van der Waals surface area contributed by atoms with E-state index in [1.807, 2.05) is 45.0 Å². The number of hydrogen-bond donors (Lipinski definition) is 2. The molecule has 1 aliphatic rings. The SMILES string of the molecule is CC(C)(C)OC(=O)Nc1ccc(CNCC2CC2)cc1. The van der Waals surface area contributed by atoms with E-state index in [0.29, 0.717) is 0 Å². The predicted octanol–water partition coefficient (Wildman–Crippen LogP) is 3.53. The number of anilines is 1. The van der Waals surface area contributed by atoms with Crippen molar-refractivity contribution in [1.82, 2.24) is 5.32 Å². The third-order valence-corrected chi connectivity index (χ3v) is 3.06. The van der Waals surface area contributed by atoms with Gasteiger partial charge < -0.3 is 10.1 Å². The highest BCUT2D eigenvalue weighted by Gasteiger charge is 2.20. The fraction of sp³-hybridized carbons (Fsp3) is 0.562. The fourth-order valence-corrected chi connectivity index (χ4v) is 1.87. The molecular weight excluding hydrogens is 252 g/mol. The molecule has 1 saturated carbocycles. The van der Waals surface area contributed by atoms with Crippen LogP contribution in [-0.2, 0) is 11.3 Å². The molecule has 4 nitrogen and oxygen atoms in total. The van der Waals surface area contributed by atoms with Gasteiger partial charge in [-0.1, -0.05) is 12.1 Å². The first-order valence-corrected chi connectivity index (χ1v) is 7.22. The highest BCUT2D eigenvalue weighted by Crippen LogP contribution is 2.27. The van der Waals surface area contributed by atoms with Crippen LogP contribution < -0.4 is 10.6 Å². The van der Waals surface area contributed by atoms with Crippen molar-refractivity contribution in [3.05, 3.63) is 29.8 Å². The van der Waals surface area contributed by atoms with E-state index in [1.165, 1.54) is 18.4 Å². The zero-order chi connectivity index (χ0) is 14.6. The van der Waals surface area contributed by atoms with Crippen LogP contribution in [0.3, 0.4) is 0 Å². The molecule has 0 saturated heterocycles. The molecule has 1 aliphatic carbocycles. The van der Waals surface area contributed by atoms with Gasteiger partial charge >= 0.3 is 6.09 Å². The number of benzene rings is 1. The smallest absolute Gasteiger partial charge is 0.412 e. The maximum absolute atomic E-state index is 11.6. The summed E-state index contributed by atoms with van der Waals surface area (Å²) in [6.07, 6.45) is 2.31. The lowest BCUT2D eigenvalue weighted by atomic mass is 10.2. The molecule has 0 heterocycles. The Balaban J connectivity index is 1.76. The second kappa shape index (κ2) is 6.27. The van der Waals surface area contributed by atoms with Gasteiger partial charge in [-0.05, 0) is 63.8 Å². The molecule has 0 spiro atoms. The molecule has 0 atom stereocenters. The van der Waals surface area contributed by atoms with Crippen molar-refractivity contribution < 1.29 is 9.53 Å². The number of ether oxygens (including phenoxy) is 1. The molecule has 0 radical (unpaired) electrons. The maximum Gasteiger partial charge on any atom is 0.412 e. The third kappa shape index (κ3) is 5.61. The summed E-state index contributed by atoms with van der Waals surface area (Å²) in [6.45, 7) is 7.53. The van der Waals surface area contributed by atoms with Gasteiger partial charge in [-0.2, -0.15) is 0 Å². The van der Waals surface area contributed by atoms with Crippen LogP contribution in [0.15, 0.2) is 24.3 Å². The Morgan fingerprint density at radius 3 is 2.45 bits per heavy atom. The van der Waals surface area contributed by atoms with Crippen molar-refractivity contribution in [1.29, 1.82) is 0 Å². The molecule has 4 heteroatoms. The van der Waals surface area contributed by atoms with Crippen molar-refractivity contribution in [3.63, 3.8) is 0 Å². The molecular formula is C16H24N2O2. The Hall–Kier alpha value is -1.55. The number of amides is 1. The zero-order valence-electron chi connectivity index (χ0n) is 12.5. The molecule has 2 N–H and O–H groups in total. The molecule has 1 fully saturated rings. The Morgan fingerprint density at radius 2 is 1.90 bits per heavy atom. The Bertz CT molecular complexity index is 445. The molecule has 1 aromatic rings. The Kier molecular flexibility index (Phi) is 4.65. The minimum Gasteiger partial charge on any atom is -0.444 e. The van der Waals surface area contributed by atoms with Crippen LogP contribution >= 0.6 is 0 Å².